The first-order chi connectivity index (χ1) is 18.2. The molecule has 7 nitrogen and oxygen atoms in total. The number of ketones is 1. The molecule has 0 saturated heterocycles. The number of amides is 1. The van der Waals surface area contributed by atoms with Crippen molar-refractivity contribution >= 4 is 39.1 Å². The fourth-order valence-corrected chi connectivity index (χ4v) is 5.83. The summed E-state index contributed by atoms with van der Waals surface area (Å²) in [5, 5.41) is 0.784. The molecule has 196 valence electrons. The minimum atomic E-state index is -0.751. The van der Waals surface area contributed by atoms with Crippen LogP contribution in [0.2, 0.25) is 0 Å². The molecular formula is C30H30N2O5S. The molecule has 0 radical (unpaired) electrons. The maximum Gasteiger partial charge on any atom is 0.297 e. The summed E-state index contributed by atoms with van der Waals surface area (Å²) < 4.78 is 12.0. The van der Waals surface area contributed by atoms with E-state index < -0.39 is 11.9 Å². The summed E-state index contributed by atoms with van der Waals surface area (Å²) in [4.78, 5) is 46.4. The van der Waals surface area contributed by atoms with Crippen LogP contribution in [0, 0.1) is 20.8 Å². The zero-order valence-corrected chi connectivity index (χ0v) is 23.0. The molecule has 1 unspecified atom stereocenters. The summed E-state index contributed by atoms with van der Waals surface area (Å²) in [6, 6.07) is 10.3. The molecule has 1 amide bonds. The Morgan fingerprint density at radius 1 is 1.08 bits per heavy atom. The van der Waals surface area contributed by atoms with Crippen LogP contribution in [0.25, 0.3) is 11.0 Å². The molecule has 2 aromatic heterocycles. The van der Waals surface area contributed by atoms with Gasteiger partial charge in [0.25, 0.3) is 5.91 Å². The van der Waals surface area contributed by atoms with Crippen LogP contribution in [-0.2, 0) is 0 Å². The SMILES string of the molecule is CCCCCOc1ccc(C2c3c(oc4cc(C)c(C)cc4c3=O)C(=O)N2c2nc(C)c(C(C)=O)s2)cc1. The number of ether oxygens (including phenoxy) is 1. The molecule has 0 saturated carbocycles. The molecule has 4 aromatic rings. The number of thiazole rings is 1. The zero-order chi connectivity index (χ0) is 27.1. The van der Waals surface area contributed by atoms with Gasteiger partial charge in [0.2, 0.25) is 5.76 Å². The molecule has 0 aliphatic carbocycles. The smallest absolute Gasteiger partial charge is 0.297 e. The van der Waals surface area contributed by atoms with Gasteiger partial charge in [-0.15, -0.1) is 0 Å². The number of rotatable bonds is 8. The summed E-state index contributed by atoms with van der Waals surface area (Å²) >= 11 is 1.15. The van der Waals surface area contributed by atoms with Crippen LogP contribution in [0.1, 0.15) is 87.3 Å². The second-order valence-electron chi connectivity index (χ2n) is 9.78. The molecule has 0 spiro atoms. The molecule has 5 rings (SSSR count). The lowest BCUT2D eigenvalue weighted by molar-refractivity contribution is 0.0969. The number of hydrogen-bond donors (Lipinski definition) is 0. The monoisotopic (exact) mass is 530 g/mol. The van der Waals surface area contributed by atoms with Gasteiger partial charge in [-0.3, -0.25) is 19.3 Å². The summed E-state index contributed by atoms with van der Waals surface area (Å²) in [5.41, 5.74) is 3.62. The first-order valence-corrected chi connectivity index (χ1v) is 13.7. The fourth-order valence-electron chi connectivity index (χ4n) is 4.84. The number of nitrogens with zero attached hydrogens (tertiary/aromatic N) is 2. The molecule has 1 aliphatic rings. The number of aryl methyl sites for hydroxylation is 3. The van der Waals surface area contributed by atoms with E-state index in [0.717, 1.165) is 53.0 Å². The Hall–Kier alpha value is -3.78. The minimum absolute atomic E-state index is 0.00729. The van der Waals surface area contributed by atoms with E-state index in [4.69, 9.17) is 9.15 Å². The van der Waals surface area contributed by atoms with Gasteiger partial charge >= 0.3 is 0 Å². The second kappa shape index (κ2) is 10.2. The Balaban J connectivity index is 1.66. The van der Waals surface area contributed by atoms with Gasteiger partial charge in [0.15, 0.2) is 16.3 Å². The third-order valence-corrected chi connectivity index (χ3v) is 8.27. The van der Waals surface area contributed by atoms with Crippen molar-refractivity contribution in [2.45, 2.75) is 59.9 Å². The Morgan fingerprint density at radius 2 is 1.79 bits per heavy atom. The van der Waals surface area contributed by atoms with Gasteiger partial charge < -0.3 is 9.15 Å². The zero-order valence-electron chi connectivity index (χ0n) is 22.2. The van der Waals surface area contributed by atoms with Crippen molar-refractivity contribution in [3.05, 3.63) is 85.2 Å². The van der Waals surface area contributed by atoms with E-state index in [1.54, 1.807) is 13.0 Å². The lowest BCUT2D eigenvalue weighted by Crippen LogP contribution is -2.29. The number of aromatic nitrogens is 1. The highest BCUT2D eigenvalue weighted by atomic mass is 32.1. The molecule has 0 N–H and O–H groups in total. The van der Waals surface area contributed by atoms with Crippen LogP contribution in [-0.4, -0.2) is 23.3 Å². The molecule has 0 bridgehead atoms. The van der Waals surface area contributed by atoms with Crippen molar-refractivity contribution in [1.82, 2.24) is 4.98 Å². The van der Waals surface area contributed by atoms with E-state index in [9.17, 15) is 14.4 Å². The van der Waals surface area contributed by atoms with E-state index in [1.807, 2.05) is 44.2 Å². The predicted octanol–water partition coefficient (Wildman–Crippen LogP) is 6.70. The molecule has 38 heavy (non-hydrogen) atoms. The standard InChI is InChI=1S/C30H30N2O5S/c1-6-7-8-13-36-21-11-9-20(10-12-21)25-24-26(34)22-14-16(2)17(3)15-23(22)37-27(24)29(35)32(25)30-31-18(4)28(38-30)19(5)33/h9-12,14-15,25H,6-8,13H2,1-5H3. The molecule has 1 aliphatic heterocycles. The second-order valence-corrected chi connectivity index (χ2v) is 10.8. The van der Waals surface area contributed by atoms with Crippen molar-refractivity contribution in [1.29, 1.82) is 0 Å². The Kier molecular flexibility index (Phi) is 6.92. The predicted molar refractivity (Wildman–Crippen MR) is 149 cm³/mol. The summed E-state index contributed by atoms with van der Waals surface area (Å²) in [6.45, 7) is 9.87. The van der Waals surface area contributed by atoms with Gasteiger partial charge in [-0.05, 0) is 68.1 Å². The van der Waals surface area contributed by atoms with Gasteiger partial charge in [0.05, 0.1) is 34.2 Å². The third-order valence-electron chi connectivity index (χ3n) is 7.01. The minimum Gasteiger partial charge on any atom is -0.494 e. The van der Waals surface area contributed by atoms with Gasteiger partial charge in [-0.25, -0.2) is 4.98 Å². The van der Waals surface area contributed by atoms with Gasteiger partial charge in [0.1, 0.15) is 11.3 Å². The molecular weight excluding hydrogens is 500 g/mol. The quantitative estimate of drug-likeness (QED) is 0.186. The number of benzene rings is 2. The number of carbonyl (C=O) groups is 2. The topological polar surface area (TPSA) is 89.7 Å². The number of carbonyl (C=O) groups excluding carboxylic acids is 2. The average Bonchev–Trinajstić information content (AvgIpc) is 3.41. The lowest BCUT2D eigenvalue weighted by atomic mass is 9.97. The van der Waals surface area contributed by atoms with E-state index in [0.29, 0.717) is 33.3 Å². The number of Topliss-reactive ketones (excluding diaryl/α,β-unsaturated/α-hetero) is 1. The van der Waals surface area contributed by atoms with E-state index >= 15 is 0 Å². The average molecular weight is 531 g/mol. The van der Waals surface area contributed by atoms with Gasteiger partial charge in [0, 0.05) is 6.92 Å². The van der Waals surface area contributed by atoms with Crippen LogP contribution < -0.4 is 15.1 Å². The van der Waals surface area contributed by atoms with Crippen LogP contribution in [0.5, 0.6) is 5.75 Å². The molecule has 0 fully saturated rings. The van der Waals surface area contributed by atoms with Crippen molar-refractivity contribution in [2.24, 2.45) is 0 Å². The first-order valence-electron chi connectivity index (χ1n) is 12.8. The highest BCUT2D eigenvalue weighted by Crippen LogP contribution is 2.43. The highest BCUT2D eigenvalue weighted by Gasteiger charge is 2.45. The van der Waals surface area contributed by atoms with Crippen molar-refractivity contribution in [3.63, 3.8) is 0 Å². The Bertz CT molecular complexity index is 1620. The molecule has 1 atom stereocenters. The van der Waals surface area contributed by atoms with Crippen LogP contribution in [0.4, 0.5) is 5.13 Å². The highest BCUT2D eigenvalue weighted by molar-refractivity contribution is 7.17. The number of fused-ring (bicyclic) bond motifs is 2. The van der Waals surface area contributed by atoms with E-state index in [2.05, 4.69) is 11.9 Å². The van der Waals surface area contributed by atoms with E-state index in [1.165, 1.54) is 11.8 Å². The number of anilines is 1. The summed E-state index contributed by atoms with van der Waals surface area (Å²) in [5.74, 6) is 0.155. The summed E-state index contributed by atoms with van der Waals surface area (Å²) in [6.07, 6.45) is 3.20. The van der Waals surface area contributed by atoms with Crippen LogP contribution in [0.3, 0.4) is 0 Å². The number of unbranched alkanes of at least 4 members (excludes halogenated alkanes) is 2. The van der Waals surface area contributed by atoms with Crippen molar-refractivity contribution in [3.8, 4) is 5.75 Å². The number of hydrogen-bond acceptors (Lipinski definition) is 7. The largest absolute Gasteiger partial charge is 0.494 e. The maximum absolute atomic E-state index is 13.9. The Labute approximate surface area is 225 Å². The first kappa shape index (κ1) is 25.9. The normalized spacial score (nSPS) is 14.8. The fraction of sp³-hybridized carbons (Fsp3) is 0.333. The van der Waals surface area contributed by atoms with E-state index in [-0.39, 0.29) is 22.5 Å². The van der Waals surface area contributed by atoms with Gasteiger partial charge in [-0.1, -0.05) is 43.2 Å². The molecule has 3 heterocycles. The maximum atomic E-state index is 13.9. The van der Waals surface area contributed by atoms with Crippen molar-refractivity contribution in [2.75, 3.05) is 11.5 Å². The molecule has 8 heteroatoms. The van der Waals surface area contributed by atoms with Crippen molar-refractivity contribution < 1.29 is 18.7 Å². The third kappa shape index (κ3) is 4.43. The Morgan fingerprint density at radius 3 is 2.45 bits per heavy atom. The van der Waals surface area contributed by atoms with Crippen LogP contribution in [0.15, 0.2) is 45.6 Å². The van der Waals surface area contributed by atoms with Gasteiger partial charge in [-0.2, -0.15) is 0 Å². The molecule has 2 aromatic carbocycles. The van der Waals surface area contributed by atoms with Crippen LogP contribution >= 0.6 is 11.3 Å². The summed E-state index contributed by atoms with van der Waals surface area (Å²) in [7, 11) is 0. The lowest BCUT2D eigenvalue weighted by Gasteiger charge is -2.22.